The molecule has 1 saturated carbocycles. The summed E-state index contributed by atoms with van der Waals surface area (Å²) < 4.78 is 1.52. The molecule has 2 aromatic heterocycles. The standard InChI is InChI=1S/C25H33N7O2/c1-16-21(23(30-29-16)31(2)3)17-10-12-19(13-11-17)27-25(34)22(18-8-6-5-7-9-18)28-24(33)20-14-15-26-32(20)4/h10-15,18,22H,5-9H2,1-4H3,(H,27,34)(H,28,33)(H,29,30). The highest BCUT2D eigenvalue weighted by atomic mass is 16.2. The van der Waals surface area contributed by atoms with Crippen molar-refractivity contribution in [3.05, 3.63) is 47.9 Å². The summed E-state index contributed by atoms with van der Waals surface area (Å²) in [5, 5.41) is 17.5. The molecule has 1 fully saturated rings. The number of hydrogen-bond acceptors (Lipinski definition) is 5. The molecular weight excluding hydrogens is 430 g/mol. The van der Waals surface area contributed by atoms with E-state index in [1.165, 1.54) is 11.1 Å². The first-order valence-electron chi connectivity index (χ1n) is 11.8. The number of hydrogen-bond donors (Lipinski definition) is 3. The Balaban J connectivity index is 1.51. The van der Waals surface area contributed by atoms with Crippen molar-refractivity contribution >= 4 is 23.3 Å². The lowest BCUT2D eigenvalue weighted by molar-refractivity contribution is -0.119. The summed E-state index contributed by atoms with van der Waals surface area (Å²) in [6, 6.07) is 8.79. The molecule has 1 unspecified atom stereocenters. The number of carbonyl (C=O) groups excluding carboxylic acids is 2. The predicted octanol–water partition coefficient (Wildman–Crippen LogP) is 3.50. The van der Waals surface area contributed by atoms with E-state index in [0.29, 0.717) is 11.4 Å². The molecule has 4 rings (SSSR count). The molecule has 0 bridgehead atoms. The minimum Gasteiger partial charge on any atom is -0.361 e. The van der Waals surface area contributed by atoms with Crippen LogP contribution in [0.1, 0.15) is 48.3 Å². The van der Waals surface area contributed by atoms with Crippen molar-refractivity contribution in [3.8, 4) is 11.1 Å². The normalized spacial score (nSPS) is 15.1. The molecule has 3 N–H and O–H groups in total. The van der Waals surface area contributed by atoms with Crippen LogP contribution in [0.25, 0.3) is 11.1 Å². The summed E-state index contributed by atoms with van der Waals surface area (Å²) in [7, 11) is 5.63. The highest BCUT2D eigenvalue weighted by Gasteiger charge is 2.32. The second kappa shape index (κ2) is 10.1. The zero-order valence-electron chi connectivity index (χ0n) is 20.3. The number of aromatic nitrogens is 4. The molecule has 1 aliphatic carbocycles. The molecule has 180 valence electrons. The smallest absolute Gasteiger partial charge is 0.270 e. The van der Waals surface area contributed by atoms with E-state index in [1.54, 1.807) is 19.3 Å². The number of H-pyrrole nitrogens is 1. The maximum Gasteiger partial charge on any atom is 0.270 e. The summed E-state index contributed by atoms with van der Waals surface area (Å²) in [6.45, 7) is 1.99. The number of aryl methyl sites for hydroxylation is 2. The summed E-state index contributed by atoms with van der Waals surface area (Å²) in [5.74, 6) is 0.502. The molecule has 9 heteroatoms. The Kier molecular flexibility index (Phi) is 7.00. The SMILES string of the molecule is Cc1[nH]nc(N(C)C)c1-c1ccc(NC(=O)C(NC(=O)c2ccnn2C)C2CCCCC2)cc1. The van der Waals surface area contributed by atoms with Gasteiger partial charge in [0.25, 0.3) is 5.91 Å². The van der Waals surface area contributed by atoms with Crippen molar-refractivity contribution in [1.82, 2.24) is 25.3 Å². The second-order valence-corrected chi connectivity index (χ2v) is 9.20. The Morgan fingerprint density at radius 1 is 1.12 bits per heavy atom. The molecule has 1 aliphatic rings. The number of carbonyl (C=O) groups is 2. The number of nitrogens with zero attached hydrogens (tertiary/aromatic N) is 4. The Bertz CT molecular complexity index is 1140. The monoisotopic (exact) mass is 463 g/mol. The topological polar surface area (TPSA) is 108 Å². The van der Waals surface area contributed by atoms with Gasteiger partial charge in [0.2, 0.25) is 5.91 Å². The molecular formula is C25H33N7O2. The molecule has 1 atom stereocenters. The van der Waals surface area contributed by atoms with Gasteiger partial charge >= 0.3 is 0 Å². The third-order valence-electron chi connectivity index (χ3n) is 6.54. The summed E-state index contributed by atoms with van der Waals surface area (Å²) >= 11 is 0. The van der Waals surface area contributed by atoms with E-state index < -0.39 is 6.04 Å². The molecule has 2 heterocycles. The summed E-state index contributed by atoms with van der Waals surface area (Å²) in [4.78, 5) is 28.2. The van der Waals surface area contributed by atoms with Crippen LogP contribution in [0.15, 0.2) is 36.5 Å². The summed E-state index contributed by atoms with van der Waals surface area (Å²) in [6.07, 6.45) is 6.75. The lowest BCUT2D eigenvalue weighted by Gasteiger charge is -2.30. The van der Waals surface area contributed by atoms with Crippen LogP contribution < -0.4 is 15.5 Å². The zero-order chi connectivity index (χ0) is 24.2. The van der Waals surface area contributed by atoms with Gasteiger partial charge in [0.05, 0.1) is 0 Å². The van der Waals surface area contributed by atoms with Gasteiger partial charge in [-0.1, -0.05) is 31.4 Å². The van der Waals surface area contributed by atoms with Crippen molar-refractivity contribution < 1.29 is 9.59 Å². The maximum absolute atomic E-state index is 13.3. The van der Waals surface area contributed by atoms with Gasteiger partial charge in [-0.15, -0.1) is 0 Å². The number of nitrogens with one attached hydrogen (secondary N) is 3. The van der Waals surface area contributed by atoms with E-state index in [2.05, 4.69) is 25.9 Å². The fraction of sp³-hybridized carbons (Fsp3) is 0.440. The molecule has 0 aliphatic heterocycles. The maximum atomic E-state index is 13.3. The number of benzene rings is 1. The van der Waals surface area contributed by atoms with Crippen LogP contribution in [0, 0.1) is 12.8 Å². The van der Waals surface area contributed by atoms with E-state index >= 15 is 0 Å². The third-order valence-corrected chi connectivity index (χ3v) is 6.54. The molecule has 3 aromatic rings. The van der Waals surface area contributed by atoms with Gasteiger partial charge in [0.15, 0.2) is 5.82 Å². The Labute approximate surface area is 199 Å². The van der Waals surface area contributed by atoms with Crippen molar-refractivity contribution in [2.45, 2.75) is 45.1 Å². The number of anilines is 2. The lowest BCUT2D eigenvalue weighted by atomic mass is 9.83. The minimum absolute atomic E-state index is 0.112. The zero-order valence-corrected chi connectivity index (χ0v) is 20.3. The Hall–Kier alpha value is -3.62. The van der Waals surface area contributed by atoms with E-state index in [-0.39, 0.29) is 17.7 Å². The molecule has 9 nitrogen and oxygen atoms in total. The molecule has 1 aromatic carbocycles. The van der Waals surface area contributed by atoms with Crippen LogP contribution in [-0.2, 0) is 11.8 Å². The van der Waals surface area contributed by atoms with Gasteiger partial charge in [0.1, 0.15) is 11.7 Å². The third kappa shape index (κ3) is 4.98. The lowest BCUT2D eigenvalue weighted by Crippen LogP contribution is -2.49. The van der Waals surface area contributed by atoms with Gasteiger partial charge < -0.3 is 15.5 Å². The summed E-state index contributed by atoms with van der Waals surface area (Å²) in [5.41, 5.74) is 4.16. The Morgan fingerprint density at radius 3 is 2.44 bits per heavy atom. The van der Waals surface area contributed by atoms with Gasteiger partial charge in [0, 0.05) is 44.3 Å². The van der Waals surface area contributed by atoms with Crippen LogP contribution in [0.4, 0.5) is 11.5 Å². The van der Waals surface area contributed by atoms with Crippen molar-refractivity contribution in [2.75, 3.05) is 24.3 Å². The van der Waals surface area contributed by atoms with Crippen LogP contribution >= 0.6 is 0 Å². The fourth-order valence-electron chi connectivity index (χ4n) is 4.70. The average molecular weight is 464 g/mol. The van der Waals surface area contributed by atoms with E-state index in [0.717, 1.165) is 48.3 Å². The highest BCUT2D eigenvalue weighted by molar-refractivity contribution is 6.00. The van der Waals surface area contributed by atoms with Crippen LogP contribution in [0.5, 0.6) is 0 Å². The van der Waals surface area contributed by atoms with E-state index in [9.17, 15) is 9.59 Å². The van der Waals surface area contributed by atoms with E-state index in [4.69, 9.17) is 0 Å². The van der Waals surface area contributed by atoms with Crippen LogP contribution in [0.3, 0.4) is 0 Å². The number of amides is 2. The first-order valence-corrected chi connectivity index (χ1v) is 11.8. The van der Waals surface area contributed by atoms with Gasteiger partial charge in [-0.2, -0.15) is 10.2 Å². The largest absolute Gasteiger partial charge is 0.361 e. The molecule has 0 spiro atoms. The van der Waals surface area contributed by atoms with E-state index in [1.807, 2.05) is 50.2 Å². The van der Waals surface area contributed by atoms with Gasteiger partial charge in [-0.3, -0.25) is 19.4 Å². The molecule has 2 amide bonds. The van der Waals surface area contributed by atoms with Crippen molar-refractivity contribution in [3.63, 3.8) is 0 Å². The second-order valence-electron chi connectivity index (χ2n) is 9.20. The Morgan fingerprint density at radius 2 is 1.82 bits per heavy atom. The highest BCUT2D eigenvalue weighted by Crippen LogP contribution is 2.32. The van der Waals surface area contributed by atoms with Gasteiger partial charge in [-0.05, 0) is 49.4 Å². The van der Waals surface area contributed by atoms with Gasteiger partial charge in [-0.25, -0.2) is 0 Å². The van der Waals surface area contributed by atoms with Crippen LogP contribution in [-0.4, -0.2) is 51.9 Å². The molecule has 0 radical (unpaired) electrons. The number of aromatic amines is 1. The average Bonchev–Trinajstić information content (AvgIpc) is 3.44. The van der Waals surface area contributed by atoms with Crippen molar-refractivity contribution in [2.24, 2.45) is 13.0 Å². The first-order chi connectivity index (χ1) is 16.3. The quantitative estimate of drug-likeness (QED) is 0.497. The van der Waals surface area contributed by atoms with Crippen molar-refractivity contribution in [1.29, 1.82) is 0 Å². The predicted molar refractivity (Wildman–Crippen MR) is 133 cm³/mol. The van der Waals surface area contributed by atoms with Crippen LogP contribution in [0.2, 0.25) is 0 Å². The fourth-order valence-corrected chi connectivity index (χ4v) is 4.70. The first kappa shape index (κ1) is 23.5. The minimum atomic E-state index is -0.598. The molecule has 0 saturated heterocycles. The number of rotatable bonds is 7. The molecule has 34 heavy (non-hydrogen) atoms.